The van der Waals surface area contributed by atoms with Gasteiger partial charge in [0.15, 0.2) is 11.6 Å². The fourth-order valence-electron chi connectivity index (χ4n) is 2.65. The second-order valence-electron chi connectivity index (χ2n) is 5.51. The fraction of sp³-hybridized carbons (Fsp3) is 0.211. The molecule has 0 aliphatic heterocycles. The van der Waals surface area contributed by atoms with Gasteiger partial charge in [0.25, 0.3) is 0 Å². The summed E-state index contributed by atoms with van der Waals surface area (Å²) in [6, 6.07) is 10.2. The highest BCUT2D eigenvalue weighted by Crippen LogP contribution is 2.26. The first kappa shape index (κ1) is 16.7. The zero-order chi connectivity index (χ0) is 17.8. The van der Waals surface area contributed by atoms with Gasteiger partial charge in [-0.15, -0.1) is 0 Å². The Labute approximate surface area is 145 Å². The molecule has 0 atom stereocenters. The lowest BCUT2D eigenvalue weighted by molar-refractivity contribution is 0.0697. The van der Waals surface area contributed by atoms with E-state index in [1.807, 2.05) is 6.07 Å². The van der Waals surface area contributed by atoms with Crippen molar-refractivity contribution in [3.8, 4) is 11.6 Å². The minimum atomic E-state index is -0.948. The Balaban J connectivity index is 2.01. The van der Waals surface area contributed by atoms with E-state index in [1.165, 1.54) is 0 Å². The molecule has 0 radical (unpaired) electrons. The number of hydrogen-bond acceptors (Lipinski definition) is 5. The number of aryl methyl sites for hydroxylation is 1. The topological polar surface area (TPSA) is 88.3 Å². The smallest absolute Gasteiger partial charge is 0.335 e. The standard InChI is InChI=1S/C19H19N3O3/c1-3-14-15(4-2)21-18(16-6-5-11-25-16)22-17(14)20-13-9-7-12(8-10-13)19(23)24/h5-11H,3-4H2,1-2H3,(H,23,24)(H,20,21,22). The summed E-state index contributed by atoms with van der Waals surface area (Å²) in [6.45, 7) is 4.11. The molecule has 3 rings (SSSR count). The van der Waals surface area contributed by atoms with Crippen LogP contribution in [0.1, 0.15) is 35.5 Å². The Morgan fingerprint density at radius 2 is 1.88 bits per heavy atom. The number of aromatic nitrogens is 2. The highest BCUT2D eigenvalue weighted by atomic mass is 16.4. The van der Waals surface area contributed by atoms with Crippen molar-refractivity contribution in [2.24, 2.45) is 0 Å². The Morgan fingerprint density at radius 3 is 2.44 bits per heavy atom. The molecular formula is C19H19N3O3. The van der Waals surface area contributed by atoms with E-state index in [1.54, 1.807) is 36.6 Å². The molecule has 25 heavy (non-hydrogen) atoms. The molecule has 128 valence electrons. The minimum Gasteiger partial charge on any atom is -0.478 e. The van der Waals surface area contributed by atoms with Gasteiger partial charge in [-0.05, 0) is 49.2 Å². The Morgan fingerprint density at radius 1 is 1.12 bits per heavy atom. The molecule has 2 N–H and O–H groups in total. The second-order valence-corrected chi connectivity index (χ2v) is 5.51. The van der Waals surface area contributed by atoms with Gasteiger partial charge in [-0.3, -0.25) is 0 Å². The summed E-state index contributed by atoms with van der Waals surface area (Å²) < 4.78 is 5.42. The molecule has 1 aromatic carbocycles. The molecule has 0 aliphatic carbocycles. The van der Waals surface area contributed by atoms with Crippen LogP contribution in [-0.4, -0.2) is 21.0 Å². The molecule has 0 saturated carbocycles. The summed E-state index contributed by atoms with van der Waals surface area (Å²) in [6.07, 6.45) is 3.17. The molecule has 0 unspecified atom stereocenters. The van der Waals surface area contributed by atoms with Gasteiger partial charge in [-0.2, -0.15) is 0 Å². The largest absolute Gasteiger partial charge is 0.478 e. The first-order valence-electron chi connectivity index (χ1n) is 8.16. The van der Waals surface area contributed by atoms with E-state index in [2.05, 4.69) is 29.1 Å². The maximum absolute atomic E-state index is 11.0. The van der Waals surface area contributed by atoms with Gasteiger partial charge in [0.1, 0.15) is 5.82 Å². The van der Waals surface area contributed by atoms with Gasteiger partial charge in [0, 0.05) is 16.9 Å². The highest BCUT2D eigenvalue weighted by Gasteiger charge is 2.15. The normalized spacial score (nSPS) is 10.6. The number of anilines is 2. The third-order valence-electron chi connectivity index (χ3n) is 3.92. The molecular weight excluding hydrogens is 318 g/mol. The molecule has 6 heteroatoms. The molecule has 2 heterocycles. The van der Waals surface area contributed by atoms with E-state index in [0.29, 0.717) is 17.4 Å². The molecule has 6 nitrogen and oxygen atoms in total. The van der Waals surface area contributed by atoms with E-state index < -0.39 is 5.97 Å². The van der Waals surface area contributed by atoms with Crippen LogP contribution in [0.15, 0.2) is 47.1 Å². The maximum atomic E-state index is 11.0. The van der Waals surface area contributed by atoms with Gasteiger partial charge < -0.3 is 14.8 Å². The minimum absolute atomic E-state index is 0.245. The zero-order valence-electron chi connectivity index (χ0n) is 14.1. The summed E-state index contributed by atoms with van der Waals surface area (Å²) in [7, 11) is 0. The first-order chi connectivity index (χ1) is 12.1. The van der Waals surface area contributed by atoms with Gasteiger partial charge in [0.2, 0.25) is 0 Å². The van der Waals surface area contributed by atoms with Crippen molar-refractivity contribution < 1.29 is 14.3 Å². The average Bonchev–Trinajstić information content (AvgIpc) is 3.16. The van der Waals surface area contributed by atoms with Crippen molar-refractivity contribution in [2.45, 2.75) is 26.7 Å². The number of aromatic carboxylic acids is 1. The number of rotatable bonds is 6. The summed E-state index contributed by atoms with van der Waals surface area (Å²) in [5.41, 5.74) is 3.02. The number of benzene rings is 1. The van der Waals surface area contributed by atoms with Crippen molar-refractivity contribution in [2.75, 3.05) is 5.32 Å². The van der Waals surface area contributed by atoms with Crippen LogP contribution in [0.3, 0.4) is 0 Å². The molecule has 2 aromatic heterocycles. The summed E-state index contributed by atoms with van der Waals surface area (Å²) in [5, 5.41) is 12.3. The van der Waals surface area contributed by atoms with Gasteiger partial charge in [-0.1, -0.05) is 13.8 Å². The van der Waals surface area contributed by atoms with E-state index >= 15 is 0 Å². The third kappa shape index (κ3) is 3.52. The van der Waals surface area contributed by atoms with Gasteiger partial charge in [0.05, 0.1) is 11.8 Å². The number of nitrogens with one attached hydrogen (secondary N) is 1. The van der Waals surface area contributed by atoms with Crippen molar-refractivity contribution in [1.29, 1.82) is 0 Å². The SMILES string of the molecule is CCc1nc(-c2ccco2)nc(Nc2ccc(C(=O)O)cc2)c1CC. The van der Waals surface area contributed by atoms with Crippen LogP contribution in [0.4, 0.5) is 11.5 Å². The zero-order valence-corrected chi connectivity index (χ0v) is 14.1. The number of furan rings is 1. The Bertz CT molecular complexity index is 872. The Kier molecular flexibility index (Phi) is 4.79. The highest BCUT2D eigenvalue weighted by molar-refractivity contribution is 5.88. The van der Waals surface area contributed by atoms with Crippen LogP contribution in [-0.2, 0) is 12.8 Å². The lowest BCUT2D eigenvalue weighted by Gasteiger charge is -2.14. The maximum Gasteiger partial charge on any atom is 0.335 e. The second kappa shape index (κ2) is 7.17. The molecule has 0 saturated heterocycles. The average molecular weight is 337 g/mol. The van der Waals surface area contributed by atoms with Gasteiger partial charge in [-0.25, -0.2) is 14.8 Å². The van der Waals surface area contributed by atoms with Crippen molar-refractivity contribution in [3.63, 3.8) is 0 Å². The molecule has 3 aromatic rings. The number of carbonyl (C=O) groups is 1. The molecule has 0 aliphatic rings. The van der Waals surface area contributed by atoms with Crippen LogP contribution in [0, 0.1) is 0 Å². The summed E-state index contributed by atoms with van der Waals surface area (Å²) >= 11 is 0. The van der Waals surface area contributed by atoms with Crippen molar-refractivity contribution in [1.82, 2.24) is 9.97 Å². The lowest BCUT2D eigenvalue weighted by atomic mass is 10.1. The monoisotopic (exact) mass is 337 g/mol. The van der Waals surface area contributed by atoms with E-state index in [0.717, 1.165) is 29.8 Å². The first-order valence-corrected chi connectivity index (χ1v) is 8.16. The van der Waals surface area contributed by atoms with Crippen LogP contribution < -0.4 is 5.32 Å². The predicted molar refractivity (Wildman–Crippen MR) is 95.2 cm³/mol. The van der Waals surface area contributed by atoms with Crippen LogP contribution in [0.5, 0.6) is 0 Å². The van der Waals surface area contributed by atoms with E-state index in [-0.39, 0.29) is 5.56 Å². The van der Waals surface area contributed by atoms with Crippen molar-refractivity contribution in [3.05, 3.63) is 59.5 Å². The predicted octanol–water partition coefficient (Wildman–Crippen LogP) is 4.30. The molecule has 0 fully saturated rings. The van der Waals surface area contributed by atoms with Crippen LogP contribution in [0.2, 0.25) is 0 Å². The quantitative estimate of drug-likeness (QED) is 0.697. The number of nitrogens with zero attached hydrogens (tertiary/aromatic N) is 2. The third-order valence-corrected chi connectivity index (χ3v) is 3.92. The number of carboxylic acid groups (broad SMARTS) is 1. The molecule has 0 amide bonds. The summed E-state index contributed by atoms with van der Waals surface area (Å²) in [4.78, 5) is 20.2. The summed E-state index contributed by atoms with van der Waals surface area (Å²) in [5.74, 6) is 0.908. The van der Waals surface area contributed by atoms with Crippen molar-refractivity contribution >= 4 is 17.5 Å². The molecule has 0 bridgehead atoms. The van der Waals surface area contributed by atoms with Gasteiger partial charge >= 0.3 is 5.97 Å². The van der Waals surface area contributed by atoms with E-state index in [4.69, 9.17) is 9.52 Å². The van der Waals surface area contributed by atoms with E-state index in [9.17, 15) is 4.79 Å². The number of carboxylic acids is 1. The fourth-order valence-corrected chi connectivity index (χ4v) is 2.65. The Hall–Kier alpha value is -3.15. The number of hydrogen-bond donors (Lipinski definition) is 2. The lowest BCUT2D eigenvalue weighted by Crippen LogP contribution is -2.07. The van der Waals surface area contributed by atoms with Crippen LogP contribution in [0.25, 0.3) is 11.6 Å². The van der Waals surface area contributed by atoms with Crippen LogP contribution >= 0.6 is 0 Å². The molecule has 0 spiro atoms.